The lowest BCUT2D eigenvalue weighted by Gasteiger charge is -2.11. The van der Waals surface area contributed by atoms with E-state index in [1.807, 2.05) is 0 Å². The van der Waals surface area contributed by atoms with Crippen molar-refractivity contribution in [1.82, 2.24) is 0 Å². The van der Waals surface area contributed by atoms with E-state index in [0.717, 1.165) is 0 Å². The molecule has 0 radical (unpaired) electrons. The minimum absolute atomic E-state index is 0.0708. The molecule has 0 bridgehead atoms. The van der Waals surface area contributed by atoms with Crippen LogP contribution in [0.4, 0.5) is 8.78 Å². The lowest BCUT2D eigenvalue weighted by atomic mass is 10.1. The van der Waals surface area contributed by atoms with Crippen LogP contribution in [0.2, 0.25) is 0 Å². The molecule has 0 amide bonds. The number of halogens is 3. The van der Waals surface area contributed by atoms with Gasteiger partial charge in [0.2, 0.25) is 0 Å². The highest BCUT2D eigenvalue weighted by Gasteiger charge is 2.18. The van der Waals surface area contributed by atoms with Gasteiger partial charge in [0.15, 0.2) is 5.78 Å². The molecule has 0 saturated carbocycles. The maximum Gasteiger partial charge on any atom is 0.267 e. The first-order chi connectivity index (χ1) is 7.97. The average Bonchev–Trinajstić information content (AvgIpc) is 2.27. The second-order valence-corrected chi connectivity index (χ2v) is 4.84. The number of hydrogen-bond donors (Lipinski definition) is 0. The topological polar surface area (TPSA) is 26.3 Å². The van der Waals surface area contributed by atoms with Gasteiger partial charge in [0.1, 0.15) is 5.75 Å². The normalized spacial score (nSPS) is 12.6. The molecule has 0 fully saturated rings. The quantitative estimate of drug-likeness (QED) is 0.607. The summed E-state index contributed by atoms with van der Waals surface area (Å²) in [5.74, 6) is -0.0896. The minimum Gasteiger partial charge on any atom is -0.493 e. The Bertz CT molecular complexity index is 405. The van der Waals surface area contributed by atoms with Gasteiger partial charge in [-0.2, -0.15) is 0 Å². The van der Waals surface area contributed by atoms with Gasteiger partial charge in [0.25, 0.3) is 6.43 Å². The zero-order chi connectivity index (χ0) is 13.0. The summed E-state index contributed by atoms with van der Waals surface area (Å²) in [6, 6.07) is 3.99. The fourth-order valence-corrected chi connectivity index (χ4v) is 1.64. The predicted octanol–water partition coefficient (Wildman–Crippen LogP) is 3.99. The Kier molecular flexibility index (Phi) is 5.05. The van der Waals surface area contributed by atoms with Gasteiger partial charge in [-0.25, -0.2) is 8.78 Å². The first kappa shape index (κ1) is 14.1. The van der Waals surface area contributed by atoms with E-state index >= 15 is 0 Å². The Hall–Kier alpha value is -0.970. The van der Waals surface area contributed by atoms with Gasteiger partial charge < -0.3 is 4.74 Å². The van der Waals surface area contributed by atoms with Crippen molar-refractivity contribution in [3.05, 3.63) is 29.3 Å². The molecule has 1 rings (SSSR count). The summed E-state index contributed by atoms with van der Waals surface area (Å²) in [4.78, 5) is 11.3. The summed E-state index contributed by atoms with van der Waals surface area (Å²) < 4.78 is 30.5. The van der Waals surface area contributed by atoms with E-state index < -0.39 is 6.43 Å². The number of alkyl halides is 3. The number of hydrogen-bond acceptors (Lipinski definition) is 2. The Morgan fingerprint density at radius 2 is 2.12 bits per heavy atom. The van der Waals surface area contributed by atoms with Gasteiger partial charge in [-0.15, -0.1) is 0 Å². The molecule has 0 aliphatic rings. The molecular weight excluding hydrogens is 294 g/mol. The Labute approximate surface area is 107 Å². The minimum atomic E-state index is -2.61. The van der Waals surface area contributed by atoms with Crippen LogP contribution in [0, 0.1) is 0 Å². The van der Waals surface area contributed by atoms with Crippen molar-refractivity contribution < 1.29 is 18.3 Å². The molecule has 0 N–H and O–H groups in total. The SMILES string of the molecule is CCOc1cc(C(=O)C(C)Br)ccc1C(F)F. The Balaban J connectivity index is 3.13. The maximum absolute atomic E-state index is 12.7. The molecule has 0 aliphatic heterocycles. The second-order valence-electron chi connectivity index (χ2n) is 3.47. The van der Waals surface area contributed by atoms with Crippen LogP contribution in [0.15, 0.2) is 18.2 Å². The van der Waals surface area contributed by atoms with Crippen LogP contribution in [0.5, 0.6) is 5.75 Å². The van der Waals surface area contributed by atoms with Gasteiger partial charge in [0.05, 0.1) is 17.0 Å². The van der Waals surface area contributed by atoms with Gasteiger partial charge in [-0.1, -0.05) is 22.0 Å². The molecule has 5 heteroatoms. The van der Waals surface area contributed by atoms with Crippen LogP contribution in [-0.2, 0) is 0 Å². The molecule has 0 aliphatic carbocycles. The number of ketones is 1. The summed E-state index contributed by atoms with van der Waals surface area (Å²) in [6.07, 6.45) is -2.61. The van der Waals surface area contributed by atoms with E-state index in [9.17, 15) is 13.6 Å². The Morgan fingerprint density at radius 1 is 1.47 bits per heavy atom. The summed E-state index contributed by atoms with van der Waals surface area (Å²) in [7, 11) is 0. The van der Waals surface area contributed by atoms with Crippen molar-refractivity contribution in [1.29, 1.82) is 0 Å². The largest absolute Gasteiger partial charge is 0.493 e. The second kappa shape index (κ2) is 6.10. The zero-order valence-corrected chi connectivity index (χ0v) is 11.1. The molecule has 1 aromatic carbocycles. The molecule has 1 unspecified atom stereocenters. The van der Waals surface area contributed by atoms with Crippen molar-refractivity contribution in [2.75, 3.05) is 6.61 Å². The number of benzene rings is 1. The fourth-order valence-electron chi connectivity index (χ4n) is 1.38. The predicted molar refractivity (Wildman–Crippen MR) is 65.3 cm³/mol. The van der Waals surface area contributed by atoms with Crippen LogP contribution in [0.1, 0.15) is 36.2 Å². The third-order valence-corrected chi connectivity index (χ3v) is 2.61. The average molecular weight is 307 g/mol. The summed E-state index contributed by atoms with van der Waals surface area (Å²) in [5.41, 5.74) is 0.174. The lowest BCUT2D eigenvalue weighted by Crippen LogP contribution is -2.10. The molecule has 1 atom stereocenters. The Morgan fingerprint density at radius 3 is 2.59 bits per heavy atom. The van der Waals surface area contributed by atoms with Crippen molar-refractivity contribution in [3.63, 3.8) is 0 Å². The molecular formula is C12H13BrF2O2. The highest BCUT2D eigenvalue weighted by molar-refractivity contribution is 9.10. The fraction of sp³-hybridized carbons (Fsp3) is 0.417. The van der Waals surface area contributed by atoms with Crippen molar-refractivity contribution >= 4 is 21.7 Å². The van der Waals surface area contributed by atoms with Crippen LogP contribution >= 0.6 is 15.9 Å². The standard InChI is InChI=1S/C12H13BrF2O2/c1-3-17-10-6-8(11(16)7(2)13)4-5-9(10)12(14)15/h4-7,12H,3H2,1-2H3. The smallest absolute Gasteiger partial charge is 0.267 e. The van der Waals surface area contributed by atoms with Gasteiger partial charge >= 0.3 is 0 Å². The van der Waals surface area contributed by atoms with E-state index in [2.05, 4.69) is 15.9 Å². The van der Waals surface area contributed by atoms with Gasteiger partial charge in [-0.05, 0) is 26.0 Å². The van der Waals surface area contributed by atoms with E-state index in [0.29, 0.717) is 5.56 Å². The monoisotopic (exact) mass is 306 g/mol. The number of rotatable bonds is 5. The third-order valence-electron chi connectivity index (χ3n) is 2.19. The highest BCUT2D eigenvalue weighted by atomic mass is 79.9. The van der Waals surface area contributed by atoms with Crippen LogP contribution in [-0.4, -0.2) is 17.2 Å². The molecule has 94 valence electrons. The molecule has 0 aromatic heterocycles. The molecule has 17 heavy (non-hydrogen) atoms. The van der Waals surface area contributed by atoms with Gasteiger partial charge in [-0.3, -0.25) is 4.79 Å². The number of ether oxygens (including phenoxy) is 1. The maximum atomic E-state index is 12.7. The van der Waals surface area contributed by atoms with Gasteiger partial charge in [0, 0.05) is 5.56 Å². The van der Waals surface area contributed by atoms with Crippen LogP contribution in [0.3, 0.4) is 0 Å². The van der Waals surface area contributed by atoms with Crippen molar-refractivity contribution in [2.24, 2.45) is 0 Å². The van der Waals surface area contributed by atoms with E-state index in [1.54, 1.807) is 13.8 Å². The number of carbonyl (C=O) groups is 1. The van der Waals surface area contributed by atoms with Crippen molar-refractivity contribution in [3.8, 4) is 5.75 Å². The lowest BCUT2D eigenvalue weighted by molar-refractivity contribution is 0.0994. The molecule has 0 heterocycles. The summed E-state index contributed by atoms with van der Waals surface area (Å²) in [6.45, 7) is 3.67. The molecule has 1 aromatic rings. The zero-order valence-electron chi connectivity index (χ0n) is 9.54. The van der Waals surface area contributed by atoms with E-state index in [4.69, 9.17) is 4.74 Å². The molecule has 0 saturated heterocycles. The number of Topliss-reactive ketones (excluding diaryl/α,β-unsaturated/α-hetero) is 1. The summed E-state index contributed by atoms with van der Waals surface area (Å²) >= 11 is 3.15. The molecule has 2 nitrogen and oxygen atoms in total. The van der Waals surface area contributed by atoms with Crippen molar-refractivity contribution in [2.45, 2.75) is 25.1 Å². The molecule has 0 spiro atoms. The third kappa shape index (κ3) is 3.49. The first-order valence-corrected chi connectivity index (χ1v) is 6.12. The first-order valence-electron chi connectivity index (χ1n) is 5.20. The number of carbonyl (C=O) groups excluding carboxylic acids is 1. The van der Waals surface area contributed by atoms with E-state index in [1.165, 1.54) is 18.2 Å². The van der Waals surface area contributed by atoms with E-state index in [-0.39, 0.29) is 28.5 Å². The summed E-state index contributed by atoms with van der Waals surface area (Å²) in [5, 5.41) is 0. The van der Waals surface area contributed by atoms with Crippen LogP contribution < -0.4 is 4.74 Å². The van der Waals surface area contributed by atoms with Crippen LogP contribution in [0.25, 0.3) is 0 Å². The highest BCUT2D eigenvalue weighted by Crippen LogP contribution is 2.30.